The molecular formula is C14H20ClN3O2. The lowest BCUT2D eigenvalue weighted by Gasteiger charge is -2.34. The Morgan fingerprint density at radius 1 is 1.55 bits per heavy atom. The third kappa shape index (κ3) is 4.16. The number of nitrogens with one attached hydrogen (secondary N) is 1. The number of aliphatic hydroxyl groups excluding tert-OH is 1. The Balaban J connectivity index is 1.91. The van der Waals surface area contributed by atoms with E-state index in [0.29, 0.717) is 23.4 Å². The number of hydrogen-bond donors (Lipinski definition) is 2. The van der Waals surface area contributed by atoms with Crippen molar-refractivity contribution in [3.8, 4) is 0 Å². The first kappa shape index (κ1) is 15.2. The molecule has 6 heteroatoms. The summed E-state index contributed by atoms with van der Waals surface area (Å²) >= 11 is 5.92. The van der Waals surface area contributed by atoms with Gasteiger partial charge in [-0.2, -0.15) is 0 Å². The second kappa shape index (κ2) is 7.57. The molecule has 2 rings (SSSR count). The minimum atomic E-state index is -0.0928. The monoisotopic (exact) mass is 297 g/mol. The molecule has 110 valence electrons. The first-order valence-electron chi connectivity index (χ1n) is 6.96. The minimum absolute atomic E-state index is 0.0928. The van der Waals surface area contributed by atoms with Crippen LogP contribution in [0.3, 0.4) is 0 Å². The van der Waals surface area contributed by atoms with E-state index in [9.17, 15) is 4.79 Å². The third-order valence-electron chi connectivity index (χ3n) is 3.59. The first-order valence-corrected chi connectivity index (χ1v) is 7.34. The van der Waals surface area contributed by atoms with E-state index >= 15 is 0 Å². The van der Waals surface area contributed by atoms with Crippen molar-refractivity contribution in [2.24, 2.45) is 0 Å². The second-order valence-corrected chi connectivity index (χ2v) is 5.38. The van der Waals surface area contributed by atoms with Crippen molar-refractivity contribution in [1.82, 2.24) is 9.88 Å². The van der Waals surface area contributed by atoms with Gasteiger partial charge in [-0.15, -0.1) is 0 Å². The van der Waals surface area contributed by atoms with Crippen molar-refractivity contribution in [2.75, 3.05) is 25.0 Å². The van der Waals surface area contributed by atoms with Crippen LogP contribution in [0, 0.1) is 0 Å². The van der Waals surface area contributed by atoms with Crippen molar-refractivity contribution in [1.29, 1.82) is 0 Å². The molecule has 1 aliphatic rings. The molecule has 2 N–H and O–H groups in total. The third-order valence-corrected chi connectivity index (χ3v) is 3.89. The maximum atomic E-state index is 12.1. The van der Waals surface area contributed by atoms with Gasteiger partial charge in [0.15, 0.2) is 5.15 Å². The highest BCUT2D eigenvalue weighted by Gasteiger charge is 2.23. The van der Waals surface area contributed by atoms with Crippen molar-refractivity contribution in [2.45, 2.75) is 31.7 Å². The summed E-state index contributed by atoms with van der Waals surface area (Å²) in [6, 6.07) is 3.76. The molecule has 20 heavy (non-hydrogen) atoms. The maximum absolute atomic E-state index is 12.1. The molecule has 0 radical (unpaired) electrons. The van der Waals surface area contributed by atoms with Gasteiger partial charge in [0.2, 0.25) is 5.91 Å². The molecule has 1 aromatic rings. The zero-order valence-electron chi connectivity index (χ0n) is 11.4. The Labute approximate surface area is 123 Å². The molecule has 0 spiro atoms. The summed E-state index contributed by atoms with van der Waals surface area (Å²) < 4.78 is 0. The van der Waals surface area contributed by atoms with Gasteiger partial charge in [-0.1, -0.05) is 18.0 Å². The van der Waals surface area contributed by atoms with Gasteiger partial charge in [-0.25, -0.2) is 4.98 Å². The van der Waals surface area contributed by atoms with Crippen LogP contribution in [0.2, 0.25) is 5.15 Å². The van der Waals surface area contributed by atoms with E-state index in [-0.39, 0.29) is 12.5 Å². The second-order valence-electron chi connectivity index (χ2n) is 5.02. The highest BCUT2D eigenvalue weighted by Crippen LogP contribution is 2.20. The topological polar surface area (TPSA) is 65.5 Å². The van der Waals surface area contributed by atoms with Crippen molar-refractivity contribution < 1.29 is 9.90 Å². The molecule has 2 heterocycles. The number of aliphatic hydroxyl groups is 1. The predicted molar refractivity (Wildman–Crippen MR) is 78.8 cm³/mol. The van der Waals surface area contributed by atoms with Gasteiger partial charge in [0.25, 0.3) is 0 Å². The van der Waals surface area contributed by atoms with Crippen LogP contribution in [0.4, 0.5) is 5.69 Å². The summed E-state index contributed by atoms with van der Waals surface area (Å²) in [6.45, 7) is 1.39. The number of carbonyl (C=O) groups excluding carboxylic acids is 1. The van der Waals surface area contributed by atoms with Gasteiger partial charge >= 0.3 is 0 Å². The Morgan fingerprint density at radius 3 is 3.15 bits per heavy atom. The van der Waals surface area contributed by atoms with Crippen molar-refractivity contribution >= 4 is 23.2 Å². The Kier molecular flexibility index (Phi) is 5.76. The largest absolute Gasteiger partial charge is 0.396 e. The fourth-order valence-corrected chi connectivity index (χ4v) is 2.76. The summed E-state index contributed by atoms with van der Waals surface area (Å²) in [5, 5.41) is 12.2. The summed E-state index contributed by atoms with van der Waals surface area (Å²) in [4.78, 5) is 18.1. The smallest absolute Gasteiger partial charge is 0.238 e. The van der Waals surface area contributed by atoms with E-state index in [1.54, 1.807) is 18.3 Å². The van der Waals surface area contributed by atoms with Gasteiger partial charge < -0.3 is 10.4 Å². The fourth-order valence-electron chi connectivity index (χ4n) is 2.60. The molecule has 0 saturated carbocycles. The Morgan fingerprint density at radius 2 is 2.40 bits per heavy atom. The molecule has 1 unspecified atom stereocenters. The SMILES string of the molecule is O=C(CN1CCCCC1CCO)Nc1cccnc1Cl. The molecule has 0 bridgehead atoms. The van der Waals surface area contributed by atoms with Gasteiger partial charge in [0.1, 0.15) is 0 Å². The molecule has 1 aliphatic heterocycles. The highest BCUT2D eigenvalue weighted by molar-refractivity contribution is 6.32. The van der Waals surface area contributed by atoms with Crippen LogP contribution >= 0.6 is 11.6 Å². The zero-order valence-corrected chi connectivity index (χ0v) is 12.1. The number of aromatic nitrogens is 1. The Hall–Kier alpha value is -1.17. The fraction of sp³-hybridized carbons (Fsp3) is 0.571. The van der Waals surface area contributed by atoms with Crippen LogP contribution in [-0.4, -0.2) is 46.6 Å². The molecule has 5 nitrogen and oxygen atoms in total. The van der Waals surface area contributed by atoms with E-state index in [1.807, 2.05) is 0 Å². The number of rotatable bonds is 5. The Bertz CT molecular complexity index is 454. The molecule has 1 aromatic heterocycles. The number of anilines is 1. The maximum Gasteiger partial charge on any atom is 0.238 e. The number of carbonyl (C=O) groups is 1. The predicted octanol–water partition coefficient (Wildman–Crippen LogP) is 1.91. The van der Waals surface area contributed by atoms with Gasteiger partial charge in [-0.05, 0) is 37.9 Å². The van der Waals surface area contributed by atoms with E-state index in [0.717, 1.165) is 32.2 Å². The lowest BCUT2D eigenvalue weighted by atomic mass is 10.00. The quantitative estimate of drug-likeness (QED) is 0.815. The summed E-state index contributed by atoms with van der Waals surface area (Å²) in [7, 11) is 0. The molecule has 1 atom stereocenters. The zero-order chi connectivity index (χ0) is 14.4. The first-order chi connectivity index (χ1) is 9.70. The van der Waals surface area contributed by atoms with E-state index in [1.165, 1.54) is 0 Å². The van der Waals surface area contributed by atoms with E-state index < -0.39 is 0 Å². The molecule has 0 aliphatic carbocycles. The number of piperidine rings is 1. The van der Waals surface area contributed by atoms with Gasteiger partial charge in [0.05, 0.1) is 12.2 Å². The number of hydrogen-bond acceptors (Lipinski definition) is 4. The van der Waals surface area contributed by atoms with Crippen LogP contribution < -0.4 is 5.32 Å². The summed E-state index contributed by atoms with van der Waals surface area (Å²) in [6.07, 6.45) is 5.61. The lowest BCUT2D eigenvalue weighted by Crippen LogP contribution is -2.44. The number of nitrogens with zero attached hydrogens (tertiary/aromatic N) is 2. The lowest BCUT2D eigenvalue weighted by molar-refractivity contribution is -0.118. The number of pyridine rings is 1. The minimum Gasteiger partial charge on any atom is -0.396 e. The van der Waals surface area contributed by atoms with Crippen LogP contribution in [0.25, 0.3) is 0 Å². The number of halogens is 1. The standard InChI is InChI=1S/C14H20ClN3O2/c15-14-12(5-3-7-16-14)17-13(20)10-18-8-2-1-4-11(18)6-9-19/h3,5,7,11,19H,1-2,4,6,8-10H2,(H,17,20). The normalized spacial score (nSPS) is 19.8. The molecule has 1 fully saturated rings. The molecular weight excluding hydrogens is 278 g/mol. The highest BCUT2D eigenvalue weighted by atomic mass is 35.5. The van der Waals surface area contributed by atoms with Crippen molar-refractivity contribution in [3.63, 3.8) is 0 Å². The summed E-state index contributed by atoms with van der Waals surface area (Å²) in [5.41, 5.74) is 0.537. The van der Waals surface area contributed by atoms with Crippen molar-refractivity contribution in [3.05, 3.63) is 23.5 Å². The van der Waals surface area contributed by atoms with Crippen LogP contribution in [-0.2, 0) is 4.79 Å². The molecule has 1 amide bonds. The van der Waals surface area contributed by atoms with E-state index in [4.69, 9.17) is 16.7 Å². The molecule has 1 saturated heterocycles. The summed E-state index contributed by atoms with van der Waals surface area (Å²) in [5.74, 6) is -0.0928. The molecule has 0 aromatic carbocycles. The number of amides is 1. The van der Waals surface area contributed by atoms with Crippen LogP contribution in [0.5, 0.6) is 0 Å². The average Bonchev–Trinajstić information content (AvgIpc) is 2.44. The number of likely N-dealkylation sites (tertiary alicyclic amines) is 1. The van der Waals surface area contributed by atoms with Gasteiger partial charge in [-0.3, -0.25) is 9.69 Å². The van der Waals surface area contributed by atoms with E-state index in [2.05, 4.69) is 15.2 Å². The average molecular weight is 298 g/mol. The van der Waals surface area contributed by atoms with Gasteiger partial charge in [0, 0.05) is 18.8 Å². The van der Waals surface area contributed by atoms with Crippen LogP contribution in [0.1, 0.15) is 25.7 Å². The van der Waals surface area contributed by atoms with Crippen LogP contribution in [0.15, 0.2) is 18.3 Å².